The number of ether oxygens (including phenoxy) is 4. The Hall–Kier alpha value is -2.32. The molecular weight excluding hydrogens is 428 g/mol. The lowest BCUT2D eigenvalue weighted by atomic mass is 9.67. The van der Waals surface area contributed by atoms with Crippen LogP contribution in [0.15, 0.2) is 18.2 Å². The summed E-state index contributed by atoms with van der Waals surface area (Å²) in [6.45, 7) is 9.23. The summed E-state index contributed by atoms with van der Waals surface area (Å²) in [6.07, 6.45) is 0.0653. The molecule has 33 heavy (non-hydrogen) atoms. The zero-order chi connectivity index (χ0) is 24.3. The van der Waals surface area contributed by atoms with E-state index in [9.17, 15) is 19.8 Å². The normalized spacial score (nSPS) is 39.3. The van der Waals surface area contributed by atoms with Gasteiger partial charge in [0.15, 0.2) is 11.5 Å². The second kappa shape index (κ2) is 7.87. The molecule has 4 rings (SSSR count). The van der Waals surface area contributed by atoms with E-state index in [-0.39, 0.29) is 35.5 Å². The second-order valence-corrected chi connectivity index (χ2v) is 10.6. The van der Waals surface area contributed by atoms with E-state index in [4.69, 9.17) is 18.9 Å². The van der Waals surface area contributed by atoms with E-state index in [1.165, 1.54) is 32.2 Å². The third kappa shape index (κ3) is 3.87. The minimum atomic E-state index is -1.19. The average Bonchev–Trinajstić information content (AvgIpc) is 3.29. The van der Waals surface area contributed by atoms with Crippen LogP contribution < -0.4 is 4.74 Å². The Labute approximate surface area is 194 Å². The van der Waals surface area contributed by atoms with E-state index in [1.54, 1.807) is 0 Å². The lowest BCUT2D eigenvalue weighted by Crippen LogP contribution is -2.51. The average molecular weight is 463 g/mol. The van der Waals surface area contributed by atoms with Gasteiger partial charge in [0, 0.05) is 31.1 Å². The number of phenolic OH excluding ortho intramolecular Hbond substituents is 1. The van der Waals surface area contributed by atoms with Crippen molar-refractivity contribution in [1.82, 2.24) is 0 Å². The first kappa shape index (κ1) is 23.8. The van der Waals surface area contributed by atoms with Crippen LogP contribution in [0, 0.1) is 17.3 Å². The minimum Gasteiger partial charge on any atom is -0.504 e. The first-order chi connectivity index (χ1) is 15.3. The molecule has 7 atom stereocenters. The molecule has 0 bridgehead atoms. The summed E-state index contributed by atoms with van der Waals surface area (Å²) in [5.41, 5.74) is -2.07. The van der Waals surface area contributed by atoms with E-state index >= 15 is 0 Å². The van der Waals surface area contributed by atoms with E-state index in [2.05, 4.69) is 0 Å². The summed E-state index contributed by atoms with van der Waals surface area (Å²) in [4.78, 5) is 25.1. The van der Waals surface area contributed by atoms with Crippen molar-refractivity contribution in [2.45, 2.75) is 83.4 Å². The van der Waals surface area contributed by atoms with E-state index in [0.717, 1.165) is 0 Å². The number of phenols is 1. The van der Waals surface area contributed by atoms with Crippen LogP contribution in [0.3, 0.4) is 0 Å². The van der Waals surface area contributed by atoms with E-state index in [0.29, 0.717) is 12.8 Å². The van der Waals surface area contributed by atoms with Gasteiger partial charge in [-0.25, -0.2) is 4.79 Å². The Morgan fingerprint density at radius 2 is 1.85 bits per heavy atom. The summed E-state index contributed by atoms with van der Waals surface area (Å²) in [5.74, 6) is -1.49. The number of rotatable bonds is 5. The molecule has 0 amide bonds. The van der Waals surface area contributed by atoms with Crippen molar-refractivity contribution in [3.8, 4) is 11.5 Å². The Kier molecular flexibility index (Phi) is 5.69. The molecule has 0 aromatic heterocycles. The molecule has 1 saturated heterocycles. The Bertz CT molecular complexity index is 960. The second-order valence-electron chi connectivity index (χ2n) is 10.6. The van der Waals surface area contributed by atoms with Crippen LogP contribution in [0.4, 0.5) is 0 Å². The SMILES string of the molecule is COc1cc(C(=O)O[C@H]2C[C@@]3(C)O[C@H]3C[C@@]3(C)[C@@H](OC(C)=O)C[C@@](O)(C(C)C)[C@H]23)ccc1O. The number of aromatic hydroxyl groups is 1. The molecule has 2 saturated carbocycles. The van der Waals surface area contributed by atoms with Crippen LogP contribution in [0.2, 0.25) is 0 Å². The maximum atomic E-state index is 13.2. The fraction of sp³-hybridized carbons (Fsp3) is 0.680. The zero-order valence-corrected chi connectivity index (χ0v) is 20.1. The number of carbonyl (C=O) groups excluding carboxylic acids is 2. The lowest BCUT2D eigenvalue weighted by Gasteiger charge is -2.44. The van der Waals surface area contributed by atoms with Crippen LogP contribution in [-0.4, -0.2) is 58.8 Å². The van der Waals surface area contributed by atoms with Crippen LogP contribution in [0.5, 0.6) is 11.5 Å². The van der Waals surface area contributed by atoms with Gasteiger partial charge in [0.25, 0.3) is 0 Å². The van der Waals surface area contributed by atoms with Gasteiger partial charge in [-0.1, -0.05) is 20.8 Å². The summed E-state index contributed by atoms with van der Waals surface area (Å²) < 4.78 is 22.9. The van der Waals surface area contributed by atoms with E-state index in [1.807, 2.05) is 27.7 Å². The monoisotopic (exact) mass is 462 g/mol. The van der Waals surface area contributed by atoms with Crippen LogP contribution in [0.1, 0.15) is 64.2 Å². The van der Waals surface area contributed by atoms with Gasteiger partial charge in [0.1, 0.15) is 12.2 Å². The highest BCUT2D eigenvalue weighted by Gasteiger charge is 2.71. The zero-order valence-electron chi connectivity index (χ0n) is 20.1. The predicted octanol–water partition coefficient (Wildman–Crippen LogP) is 3.22. The van der Waals surface area contributed by atoms with Crippen LogP contribution >= 0.6 is 0 Å². The van der Waals surface area contributed by atoms with Crippen LogP contribution in [0.25, 0.3) is 0 Å². The molecule has 1 aromatic carbocycles. The highest BCUT2D eigenvalue weighted by atomic mass is 16.6. The summed E-state index contributed by atoms with van der Waals surface area (Å²) in [7, 11) is 1.41. The third-order valence-corrected chi connectivity index (χ3v) is 8.12. The first-order valence-corrected chi connectivity index (χ1v) is 11.5. The van der Waals surface area contributed by atoms with E-state index < -0.39 is 46.7 Å². The molecular formula is C25H34O8. The highest BCUT2D eigenvalue weighted by molar-refractivity contribution is 5.90. The number of aliphatic hydroxyl groups is 1. The van der Waals surface area contributed by atoms with Gasteiger partial charge in [-0.3, -0.25) is 4.79 Å². The van der Waals surface area contributed by atoms with Gasteiger partial charge in [-0.2, -0.15) is 0 Å². The molecule has 8 nitrogen and oxygen atoms in total. The molecule has 1 heterocycles. The molecule has 182 valence electrons. The van der Waals surface area contributed by atoms with Crippen molar-refractivity contribution in [3.63, 3.8) is 0 Å². The van der Waals surface area contributed by atoms with Gasteiger partial charge >= 0.3 is 11.9 Å². The molecule has 3 fully saturated rings. The third-order valence-electron chi connectivity index (χ3n) is 8.12. The summed E-state index contributed by atoms with van der Waals surface area (Å²) in [5, 5.41) is 21.8. The molecule has 0 spiro atoms. The predicted molar refractivity (Wildman–Crippen MR) is 118 cm³/mol. The van der Waals surface area contributed by atoms with Crippen molar-refractivity contribution < 1.29 is 38.7 Å². The molecule has 0 radical (unpaired) electrons. The van der Waals surface area contributed by atoms with Gasteiger partial charge in [-0.05, 0) is 37.5 Å². The Balaban J connectivity index is 1.73. The maximum absolute atomic E-state index is 13.2. The molecule has 8 heteroatoms. The van der Waals surface area contributed by atoms with Crippen molar-refractivity contribution in [1.29, 1.82) is 0 Å². The largest absolute Gasteiger partial charge is 0.504 e. The van der Waals surface area contributed by atoms with Crippen molar-refractivity contribution in [2.75, 3.05) is 7.11 Å². The molecule has 0 unspecified atom stereocenters. The molecule has 3 aliphatic rings. The first-order valence-electron chi connectivity index (χ1n) is 11.5. The molecule has 2 aliphatic carbocycles. The molecule has 2 N–H and O–H groups in total. The molecule has 1 aromatic rings. The number of benzene rings is 1. The number of hydrogen-bond acceptors (Lipinski definition) is 8. The highest BCUT2D eigenvalue weighted by Crippen LogP contribution is 2.64. The number of esters is 2. The topological polar surface area (TPSA) is 115 Å². The Morgan fingerprint density at radius 3 is 2.45 bits per heavy atom. The van der Waals surface area contributed by atoms with Crippen LogP contribution in [-0.2, 0) is 19.0 Å². The smallest absolute Gasteiger partial charge is 0.338 e. The number of methoxy groups -OCH3 is 1. The van der Waals surface area contributed by atoms with Crippen molar-refractivity contribution in [2.24, 2.45) is 17.3 Å². The summed E-state index contributed by atoms with van der Waals surface area (Å²) in [6, 6.07) is 4.28. The fourth-order valence-electron chi connectivity index (χ4n) is 6.17. The lowest BCUT2D eigenvalue weighted by molar-refractivity contribution is -0.155. The number of epoxide rings is 1. The standard InChI is InChI=1S/C25H34O8/c1-13(2)25(29)12-19(31-14(3)26)23(4)11-20-24(5,33-20)10-18(21(23)25)32-22(28)15-7-8-16(27)17(9-15)30-6/h7-9,13,18-21,27,29H,10-12H2,1-6H3/t18-,19-,20-,21+,23-,24+,25+/m0/s1. The van der Waals surface area contributed by atoms with Crippen molar-refractivity contribution >= 4 is 11.9 Å². The number of carbonyl (C=O) groups is 2. The van der Waals surface area contributed by atoms with Gasteiger partial charge in [0.05, 0.1) is 30.0 Å². The van der Waals surface area contributed by atoms with Gasteiger partial charge in [0.2, 0.25) is 0 Å². The Morgan fingerprint density at radius 1 is 1.15 bits per heavy atom. The minimum absolute atomic E-state index is 0.0601. The van der Waals surface area contributed by atoms with Gasteiger partial charge in [-0.15, -0.1) is 0 Å². The number of hydrogen-bond donors (Lipinski definition) is 2. The quantitative estimate of drug-likeness (QED) is 0.506. The number of fused-ring (bicyclic) bond motifs is 2. The molecule has 1 aliphatic heterocycles. The summed E-state index contributed by atoms with van der Waals surface area (Å²) >= 11 is 0. The van der Waals surface area contributed by atoms with Crippen molar-refractivity contribution in [3.05, 3.63) is 23.8 Å². The van der Waals surface area contributed by atoms with Gasteiger partial charge < -0.3 is 29.2 Å². The maximum Gasteiger partial charge on any atom is 0.338 e. The fourth-order valence-corrected chi connectivity index (χ4v) is 6.17.